The molecule has 1 aromatic rings. The minimum Gasteiger partial charge on any atom is -0.507 e. The molecule has 1 rings (SSSR count). The van der Waals surface area contributed by atoms with Crippen molar-refractivity contribution >= 4 is 25.8 Å². The Hall–Kier alpha value is -0.490. The summed E-state index contributed by atoms with van der Waals surface area (Å²) in [5, 5.41) is 11.7. The molecule has 1 atom stereocenters. The van der Waals surface area contributed by atoms with Crippen molar-refractivity contribution in [1.82, 2.24) is 0 Å². The third kappa shape index (κ3) is 6.99. The molecular weight excluding hydrogens is 530 g/mol. The van der Waals surface area contributed by atoms with Crippen molar-refractivity contribution in [1.29, 1.82) is 0 Å². The molecule has 216 valence electrons. The molecule has 1 unspecified atom stereocenters. The molecule has 0 spiro atoms. The molecule has 10 heteroatoms. The maximum Gasteiger partial charge on any atom is 0.393 e. The van der Waals surface area contributed by atoms with E-state index < -0.39 is 41.5 Å². The quantitative estimate of drug-likeness (QED) is 0.214. The number of phenols is 1. The lowest BCUT2D eigenvalue weighted by Gasteiger charge is -2.43. The average molecular weight is 581 g/mol. The van der Waals surface area contributed by atoms with Gasteiger partial charge in [0, 0.05) is 22.3 Å². The Labute approximate surface area is 228 Å². The van der Waals surface area contributed by atoms with E-state index in [2.05, 4.69) is 0 Å². The lowest BCUT2D eigenvalue weighted by Crippen LogP contribution is -2.39. The van der Waals surface area contributed by atoms with E-state index >= 15 is 0 Å². The SMILES string of the molecule is CC(C)c1c(OP(=O)(O)C(SP(=O)(O)O)(C(C)C)C(C)C)c(C(C)C)c(C(C)(C)C)c(O)c1C(C)(C)C. The zero-order chi connectivity index (χ0) is 29.7. The van der Waals surface area contributed by atoms with Crippen LogP contribution in [0.5, 0.6) is 11.5 Å². The van der Waals surface area contributed by atoms with Crippen LogP contribution >= 0.6 is 25.8 Å². The van der Waals surface area contributed by atoms with Crippen LogP contribution in [0.3, 0.4) is 0 Å². The van der Waals surface area contributed by atoms with Crippen molar-refractivity contribution < 1.29 is 33.4 Å². The van der Waals surface area contributed by atoms with Gasteiger partial charge in [0.1, 0.15) is 16.0 Å². The number of hydrogen-bond acceptors (Lipinski definition) is 5. The van der Waals surface area contributed by atoms with Gasteiger partial charge in [0.15, 0.2) is 0 Å². The first-order valence-electron chi connectivity index (χ1n) is 13.0. The van der Waals surface area contributed by atoms with Gasteiger partial charge >= 0.3 is 14.4 Å². The van der Waals surface area contributed by atoms with Crippen LogP contribution in [-0.4, -0.2) is 24.3 Å². The summed E-state index contributed by atoms with van der Waals surface area (Å²) >= 11 is 0.222. The second-order valence-electron chi connectivity index (χ2n) is 13.3. The van der Waals surface area contributed by atoms with E-state index in [9.17, 15) is 28.9 Å². The van der Waals surface area contributed by atoms with Crippen molar-refractivity contribution in [2.75, 3.05) is 0 Å². The molecule has 0 bridgehead atoms. The molecule has 0 aliphatic carbocycles. The predicted molar refractivity (Wildman–Crippen MR) is 156 cm³/mol. The van der Waals surface area contributed by atoms with E-state index in [4.69, 9.17) is 4.52 Å². The summed E-state index contributed by atoms with van der Waals surface area (Å²) in [6.07, 6.45) is 0. The van der Waals surface area contributed by atoms with E-state index in [1.807, 2.05) is 69.2 Å². The van der Waals surface area contributed by atoms with Gasteiger partial charge in [-0.25, -0.2) is 9.13 Å². The standard InChI is InChI=1S/C27H50O7P2S/c1-15(2)19-21(25(9,10)11)23(28)22(26(12,13)14)20(16(3)4)24(19)34-35(29,30)27(17(5)6,18(7)8)37-36(31,32)33/h15-18,28H,1-14H3,(H,29,30)(H2,31,32,33). The van der Waals surface area contributed by atoms with Crippen LogP contribution in [0.4, 0.5) is 0 Å². The molecule has 0 aliphatic rings. The Morgan fingerprint density at radius 3 is 1.24 bits per heavy atom. The molecule has 4 N–H and O–H groups in total. The minimum absolute atomic E-state index is 0.163. The molecule has 1 aromatic carbocycles. The van der Waals surface area contributed by atoms with E-state index in [0.717, 1.165) is 0 Å². The predicted octanol–water partition coefficient (Wildman–Crippen LogP) is 8.63. The van der Waals surface area contributed by atoms with Gasteiger partial charge in [0.2, 0.25) is 0 Å². The molecule has 0 aromatic heterocycles. The normalized spacial score (nSPS) is 15.7. The van der Waals surface area contributed by atoms with Gasteiger partial charge in [-0.05, 0) is 45.9 Å². The monoisotopic (exact) mass is 580 g/mol. The van der Waals surface area contributed by atoms with Crippen LogP contribution in [0.25, 0.3) is 0 Å². The van der Waals surface area contributed by atoms with Gasteiger partial charge in [0.05, 0.1) is 0 Å². The zero-order valence-corrected chi connectivity index (χ0v) is 27.7. The van der Waals surface area contributed by atoms with Crippen LogP contribution in [0.15, 0.2) is 0 Å². The molecule has 0 fully saturated rings. The Morgan fingerprint density at radius 1 is 0.703 bits per heavy atom. The first-order valence-corrected chi connectivity index (χ1v) is 17.6. The third-order valence-electron chi connectivity index (χ3n) is 6.73. The summed E-state index contributed by atoms with van der Waals surface area (Å²) in [6, 6.07) is 0. The second kappa shape index (κ2) is 11.2. The fourth-order valence-electron chi connectivity index (χ4n) is 5.44. The third-order valence-corrected chi connectivity index (χ3v) is 13.6. The molecule has 37 heavy (non-hydrogen) atoms. The topological polar surface area (TPSA) is 124 Å². The molecule has 0 saturated heterocycles. The minimum atomic E-state index is -4.77. The number of aromatic hydroxyl groups is 1. The highest BCUT2D eigenvalue weighted by Gasteiger charge is 2.59. The lowest BCUT2D eigenvalue weighted by atomic mass is 9.71. The number of benzene rings is 1. The summed E-state index contributed by atoms with van der Waals surface area (Å²) < 4.78 is 31.2. The van der Waals surface area contributed by atoms with Crippen molar-refractivity contribution in [3.63, 3.8) is 0 Å². The lowest BCUT2D eigenvalue weighted by molar-refractivity contribution is 0.302. The van der Waals surface area contributed by atoms with Crippen LogP contribution < -0.4 is 4.52 Å². The highest BCUT2D eigenvalue weighted by atomic mass is 32.7. The van der Waals surface area contributed by atoms with Crippen LogP contribution in [0.1, 0.15) is 131 Å². The maximum atomic E-state index is 14.4. The largest absolute Gasteiger partial charge is 0.507 e. The molecule has 0 amide bonds. The van der Waals surface area contributed by atoms with E-state index in [-0.39, 0.29) is 34.7 Å². The summed E-state index contributed by atoms with van der Waals surface area (Å²) in [5.74, 6) is -1.16. The summed E-state index contributed by atoms with van der Waals surface area (Å²) in [4.78, 5) is 31.7. The average Bonchev–Trinajstić information content (AvgIpc) is 2.62. The van der Waals surface area contributed by atoms with Crippen molar-refractivity contribution in [3.8, 4) is 11.5 Å². The van der Waals surface area contributed by atoms with Crippen molar-refractivity contribution in [2.24, 2.45) is 11.8 Å². The van der Waals surface area contributed by atoms with Gasteiger partial charge < -0.3 is 24.3 Å². The number of hydrogen-bond donors (Lipinski definition) is 4. The Balaban J connectivity index is 4.41. The van der Waals surface area contributed by atoms with E-state index in [1.165, 1.54) is 0 Å². The highest BCUT2D eigenvalue weighted by molar-refractivity contribution is 8.56. The second-order valence-corrected chi connectivity index (χ2v) is 19.4. The Bertz CT molecular complexity index is 1020. The van der Waals surface area contributed by atoms with Gasteiger partial charge in [-0.2, -0.15) is 0 Å². The Kier molecular flexibility index (Phi) is 10.4. The zero-order valence-electron chi connectivity index (χ0n) is 25.1. The molecule has 0 saturated carbocycles. The van der Waals surface area contributed by atoms with Gasteiger partial charge in [-0.15, -0.1) is 0 Å². The van der Waals surface area contributed by atoms with Crippen molar-refractivity contribution in [3.05, 3.63) is 22.3 Å². The van der Waals surface area contributed by atoms with Crippen LogP contribution in [0.2, 0.25) is 0 Å². The Morgan fingerprint density at radius 2 is 1.03 bits per heavy atom. The smallest absolute Gasteiger partial charge is 0.393 e. The van der Waals surface area contributed by atoms with E-state index in [0.29, 0.717) is 22.3 Å². The fourth-order valence-corrected chi connectivity index (χ4v) is 13.0. The molecule has 0 heterocycles. The first kappa shape index (κ1) is 34.5. The van der Waals surface area contributed by atoms with Crippen molar-refractivity contribution in [2.45, 2.75) is 124 Å². The first-order chi connectivity index (χ1) is 16.2. The maximum absolute atomic E-state index is 14.4. The number of phenolic OH excluding ortho intramolecular Hbond substituents is 1. The van der Waals surface area contributed by atoms with Gasteiger partial charge in [-0.3, -0.25) is 0 Å². The van der Waals surface area contributed by atoms with Crippen LogP contribution in [0, 0.1) is 11.8 Å². The fraction of sp³-hybridized carbons (Fsp3) is 0.778. The van der Waals surface area contributed by atoms with Crippen LogP contribution in [-0.2, 0) is 20.0 Å². The van der Waals surface area contributed by atoms with Gasteiger partial charge in [-0.1, -0.05) is 96.9 Å². The molecule has 7 nitrogen and oxygen atoms in total. The summed E-state index contributed by atoms with van der Waals surface area (Å²) in [6.45, 7) is 21.6. The highest BCUT2D eigenvalue weighted by Crippen LogP contribution is 2.75. The van der Waals surface area contributed by atoms with E-state index in [1.54, 1.807) is 27.7 Å². The molecule has 0 aliphatic heterocycles. The molecular formula is C27H50O7P2S. The summed E-state index contributed by atoms with van der Waals surface area (Å²) in [5.41, 5.74) is 1.52. The number of rotatable bonds is 9. The summed E-state index contributed by atoms with van der Waals surface area (Å²) in [7, 11) is -4.77. The molecule has 0 radical (unpaired) electrons. The van der Waals surface area contributed by atoms with Gasteiger partial charge in [0.25, 0.3) is 0 Å².